The normalized spacial score (nSPS) is 20.4. The Kier molecular flexibility index (Phi) is 5.19. The van der Waals surface area contributed by atoms with Crippen molar-refractivity contribution >= 4 is 16.6 Å². The number of hydrogen-bond acceptors (Lipinski definition) is 6. The molecule has 1 aliphatic rings. The summed E-state index contributed by atoms with van der Waals surface area (Å²) >= 11 is 0. The number of anilines is 1. The first kappa shape index (κ1) is 20.3. The second-order valence-electron chi connectivity index (χ2n) is 7.44. The number of phenolic OH excluding ortho intramolecular Hbond substituents is 1. The third-order valence-corrected chi connectivity index (χ3v) is 5.08. The van der Waals surface area contributed by atoms with Gasteiger partial charge in [0.2, 0.25) is 0 Å². The number of fused-ring (bicyclic) bond motifs is 1. The molecule has 10 heteroatoms. The molecular weight excluding hydrogens is 402 g/mol. The van der Waals surface area contributed by atoms with E-state index >= 15 is 0 Å². The number of likely N-dealkylation sites (N-methyl/N-ethyl adjacent to an activating group) is 1. The van der Waals surface area contributed by atoms with Gasteiger partial charge in [0.05, 0.1) is 5.56 Å². The number of alkyl halides is 4. The van der Waals surface area contributed by atoms with Gasteiger partial charge in [-0.05, 0) is 31.3 Å². The van der Waals surface area contributed by atoms with Crippen molar-refractivity contribution in [1.82, 2.24) is 20.1 Å². The number of pyridine rings is 1. The molecule has 1 saturated heterocycles. The predicted octanol–water partition coefficient (Wildman–Crippen LogP) is 3.87. The molecule has 2 atom stereocenters. The first-order valence-electron chi connectivity index (χ1n) is 9.32. The van der Waals surface area contributed by atoms with Gasteiger partial charge in [-0.3, -0.25) is 4.98 Å². The van der Waals surface area contributed by atoms with Crippen molar-refractivity contribution in [2.24, 2.45) is 0 Å². The number of benzene rings is 1. The van der Waals surface area contributed by atoms with Crippen LogP contribution in [0.3, 0.4) is 0 Å². The standard InChI is InChI=1S/C20H19F4N5O/c1-29-9-12(21)7-13(10-29)26-19-16-8-25-5-4-14(16)18(27-28-19)15-3-2-11(6-17(15)30)20(22,23)24/h2-6,8,12-13,30H,7,9-10H2,1H3,(H,26,28)/t12-,13-/m1/s1. The van der Waals surface area contributed by atoms with Crippen molar-refractivity contribution in [1.29, 1.82) is 0 Å². The van der Waals surface area contributed by atoms with Crippen LogP contribution in [0.25, 0.3) is 22.0 Å². The minimum absolute atomic E-state index is 0.125. The lowest BCUT2D eigenvalue weighted by Gasteiger charge is -2.32. The molecule has 0 amide bonds. The molecule has 0 aliphatic carbocycles. The highest BCUT2D eigenvalue weighted by Crippen LogP contribution is 2.38. The number of likely N-dealkylation sites (tertiary alicyclic amines) is 1. The first-order chi connectivity index (χ1) is 14.2. The second-order valence-corrected chi connectivity index (χ2v) is 7.44. The zero-order valence-corrected chi connectivity index (χ0v) is 16.0. The van der Waals surface area contributed by atoms with Gasteiger partial charge in [0.15, 0.2) is 5.82 Å². The van der Waals surface area contributed by atoms with E-state index < -0.39 is 23.7 Å². The third-order valence-electron chi connectivity index (χ3n) is 5.08. The van der Waals surface area contributed by atoms with Crippen molar-refractivity contribution in [3.63, 3.8) is 0 Å². The van der Waals surface area contributed by atoms with Gasteiger partial charge in [-0.2, -0.15) is 13.2 Å². The highest BCUT2D eigenvalue weighted by molar-refractivity contribution is 6.00. The van der Waals surface area contributed by atoms with Gasteiger partial charge in [0.25, 0.3) is 0 Å². The average molecular weight is 421 g/mol. The van der Waals surface area contributed by atoms with Crippen molar-refractivity contribution in [2.45, 2.75) is 24.8 Å². The fourth-order valence-electron chi connectivity index (χ4n) is 3.76. The number of aromatic hydroxyl groups is 1. The smallest absolute Gasteiger partial charge is 0.416 e. The van der Waals surface area contributed by atoms with Gasteiger partial charge in [0, 0.05) is 54.3 Å². The molecule has 0 saturated carbocycles. The van der Waals surface area contributed by atoms with Gasteiger partial charge in [-0.1, -0.05) is 0 Å². The highest BCUT2D eigenvalue weighted by Gasteiger charge is 2.31. The minimum atomic E-state index is -4.57. The van der Waals surface area contributed by atoms with Crippen LogP contribution in [0.2, 0.25) is 0 Å². The fraction of sp³-hybridized carbons (Fsp3) is 0.350. The zero-order chi connectivity index (χ0) is 21.5. The number of phenols is 1. The Balaban J connectivity index is 1.73. The number of aromatic nitrogens is 3. The van der Waals surface area contributed by atoms with Crippen molar-refractivity contribution in [3.8, 4) is 17.0 Å². The number of piperidine rings is 1. The highest BCUT2D eigenvalue weighted by atomic mass is 19.4. The summed E-state index contributed by atoms with van der Waals surface area (Å²) in [6, 6.07) is 4.18. The van der Waals surface area contributed by atoms with Crippen LogP contribution in [-0.4, -0.2) is 57.5 Å². The Morgan fingerprint density at radius 1 is 1.13 bits per heavy atom. The summed E-state index contributed by atoms with van der Waals surface area (Å²) in [5.74, 6) is -0.145. The minimum Gasteiger partial charge on any atom is -0.507 e. The van der Waals surface area contributed by atoms with Crippen LogP contribution in [0.15, 0.2) is 36.7 Å². The van der Waals surface area contributed by atoms with E-state index in [2.05, 4.69) is 20.5 Å². The van der Waals surface area contributed by atoms with Crippen LogP contribution in [0.4, 0.5) is 23.4 Å². The van der Waals surface area contributed by atoms with Gasteiger partial charge in [0.1, 0.15) is 17.6 Å². The van der Waals surface area contributed by atoms with E-state index in [4.69, 9.17) is 0 Å². The average Bonchev–Trinajstić information content (AvgIpc) is 2.67. The maximum atomic E-state index is 13.9. The molecule has 3 heterocycles. The topological polar surface area (TPSA) is 74.2 Å². The maximum Gasteiger partial charge on any atom is 0.416 e. The largest absolute Gasteiger partial charge is 0.507 e. The van der Waals surface area contributed by atoms with E-state index in [1.807, 2.05) is 11.9 Å². The summed E-state index contributed by atoms with van der Waals surface area (Å²) in [5, 5.41) is 22.8. The van der Waals surface area contributed by atoms with Gasteiger partial charge >= 0.3 is 6.18 Å². The molecule has 0 unspecified atom stereocenters. The van der Waals surface area contributed by atoms with Crippen LogP contribution < -0.4 is 5.32 Å². The molecule has 30 heavy (non-hydrogen) atoms. The van der Waals surface area contributed by atoms with Crippen LogP contribution >= 0.6 is 0 Å². The number of nitrogens with one attached hydrogen (secondary N) is 1. The Labute approximate surface area is 169 Å². The summed E-state index contributed by atoms with van der Waals surface area (Å²) in [5.41, 5.74) is -0.601. The summed E-state index contributed by atoms with van der Waals surface area (Å²) in [4.78, 5) is 5.98. The fourth-order valence-corrected chi connectivity index (χ4v) is 3.76. The molecule has 2 aromatic heterocycles. The molecule has 3 aromatic rings. The summed E-state index contributed by atoms with van der Waals surface area (Å²) in [6.07, 6.45) is -2.12. The lowest BCUT2D eigenvalue weighted by Crippen LogP contribution is -2.45. The van der Waals surface area contributed by atoms with Crippen LogP contribution in [-0.2, 0) is 6.18 Å². The lowest BCUT2D eigenvalue weighted by molar-refractivity contribution is -0.137. The van der Waals surface area contributed by atoms with E-state index in [-0.39, 0.29) is 17.3 Å². The summed E-state index contributed by atoms with van der Waals surface area (Å²) in [6.45, 7) is 1.00. The quantitative estimate of drug-likeness (QED) is 0.626. The Morgan fingerprint density at radius 2 is 1.93 bits per heavy atom. The van der Waals surface area contributed by atoms with E-state index in [0.717, 1.165) is 6.07 Å². The van der Waals surface area contributed by atoms with Crippen LogP contribution in [0.5, 0.6) is 5.75 Å². The molecular formula is C20H19F4N5O. The van der Waals surface area contributed by atoms with Crippen molar-refractivity contribution in [2.75, 3.05) is 25.5 Å². The number of hydrogen-bond donors (Lipinski definition) is 2. The molecule has 2 N–H and O–H groups in total. The Morgan fingerprint density at radius 3 is 2.63 bits per heavy atom. The number of halogens is 4. The molecule has 6 nitrogen and oxygen atoms in total. The third kappa shape index (κ3) is 4.00. The maximum absolute atomic E-state index is 13.9. The summed E-state index contributed by atoms with van der Waals surface area (Å²) < 4.78 is 52.6. The first-order valence-corrected chi connectivity index (χ1v) is 9.32. The van der Waals surface area contributed by atoms with Gasteiger partial charge in [-0.15, -0.1) is 10.2 Å². The summed E-state index contributed by atoms with van der Waals surface area (Å²) in [7, 11) is 1.84. The predicted molar refractivity (Wildman–Crippen MR) is 104 cm³/mol. The lowest BCUT2D eigenvalue weighted by atomic mass is 10.0. The van der Waals surface area contributed by atoms with Crippen molar-refractivity contribution in [3.05, 3.63) is 42.2 Å². The Bertz CT molecular complexity index is 1060. The van der Waals surface area contributed by atoms with E-state index in [1.165, 1.54) is 12.3 Å². The van der Waals surface area contributed by atoms with Crippen LogP contribution in [0.1, 0.15) is 12.0 Å². The molecule has 0 bridgehead atoms. The van der Waals surface area contributed by atoms with Gasteiger partial charge in [-0.25, -0.2) is 4.39 Å². The molecule has 0 radical (unpaired) electrons. The molecule has 4 rings (SSSR count). The van der Waals surface area contributed by atoms with Gasteiger partial charge < -0.3 is 15.3 Å². The molecule has 0 spiro atoms. The molecule has 1 fully saturated rings. The number of nitrogens with zero attached hydrogens (tertiary/aromatic N) is 4. The SMILES string of the molecule is CN1C[C@H](F)C[C@@H](Nc2nnc(-c3ccc(C(F)(F)F)cc3O)c3ccncc23)C1. The van der Waals surface area contributed by atoms with Crippen molar-refractivity contribution < 1.29 is 22.7 Å². The Hall–Kier alpha value is -3.01. The molecule has 1 aromatic carbocycles. The monoisotopic (exact) mass is 421 g/mol. The molecule has 1 aliphatic heterocycles. The van der Waals surface area contributed by atoms with E-state index in [9.17, 15) is 22.7 Å². The number of rotatable bonds is 3. The molecule has 158 valence electrons. The van der Waals surface area contributed by atoms with E-state index in [0.29, 0.717) is 42.2 Å². The second kappa shape index (κ2) is 7.67. The van der Waals surface area contributed by atoms with E-state index in [1.54, 1.807) is 12.3 Å². The van der Waals surface area contributed by atoms with Crippen LogP contribution in [0, 0.1) is 0 Å². The zero-order valence-electron chi connectivity index (χ0n) is 16.0.